The maximum Gasteiger partial charge on any atom is 0.0721 e. The molecule has 17 heavy (non-hydrogen) atoms. The molecule has 2 nitrogen and oxygen atoms in total. The molecule has 1 aliphatic rings. The van der Waals surface area contributed by atoms with Gasteiger partial charge in [-0.2, -0.15) is 0 Å². The number of rotatable bonds is 4. The molecule has 1 aromatic carbocycles. The molecule has 94 valence electrons. The third-order valence-corrected chi connectivity index (χ3v) is 4.36. The van der Waals surface area contributed by atoms with Crippen LogP contribution in [-0.4, -0.2) is 19.2 Å². The lowest BCUT2D eigenvalue weighted by Crippen LogP contribution is -2.59. The minimum absolute atomic E-state index is 0.237. The summed E-state index contributed by atoms with van der Waals surface area (Å²) in [6.45, 7) is 5.23. The maximum absolute atomic E-state index is 6.01. The molecule has 1 N–H and O–H groups in total. The van der Waals surface area contributed by atoms with Crippen LogP contribution in [0, 0.1) is 5.41 Å². The van der Waals surface area contributed by atoms with E-state index in [1.165, 1.54) is 5.56 Å². The van der Waals surface area contributed by atoms with Gasteiger partial charge in [-0.25, -0.2) is 0 Å². The van der Waals surface area contributed by atoms with Gasteiger partial charge in [-0.15, -0.1) is 0 Å². The van der Waals surface area contributed by atoms with Gasteiger partial charge in [-0.05, 0) is 31.2 Å². The molecule has 0 saturated heterocycles. The molecular weight excluding hydrogens is 278 g/mol. The van der Waals surface area contributed by atoms with Crippen molar-refractivity contribution in [2.24, 2.45) is 5.41 Å². The van der Waals surface area contributed by atoms with Crippen molar-refractivity contribution >= 4 is 15.9 Å². The first kappa shape index (κ1) is 13.1. The Kier molecular flexibility index (Phi) is 3.91. The Labute approximate surface area is 112 Å². The van der Waals surface area contributed by atoms with E-state index in [-0.39, 0.29) is 5.41 Å². The highest BCUT2D eigenvalue weighted by Crippen LogP contribution is 2.42. The molecule has 0 spiro atoms. The van der Waals surface area contributed by atoms with Gasteiger partial charge in [0.25, 0.3) is 0 Å². The molecule has 1 fully saturated rings. The number of halogens is 1. The van der Waals surface area contributed by atoms with E-state index in [0.717, 1.165) is 10.9 Å². The van der Waals surface area contributed by atoms with Crippen molar-refractivity contribution in [2.45, 2.75) is 39.0 Å². The van der Waals surface area contributed by atoms with Gasteiger partial charge in [0.15, 0.2) is 0 Å². The monoisotopic (exact) mass is 297 g/mol. The second-order valence-corrected chi connectivity index (χ2v) is 6.24. The summed E-state index contributed by atoms with van der Waals surface area (Å²) in [6.07, 6.45) is 1.47. The van der Waals surface area contributed by atoms with E-state index in [1.54, 1.807) is 0 Å². The minimum atomic E-state index is 0.237. The summed E-state index contributed by atoms with van der Waals surface area (Å²) in [5.74, 6) is 0. The zero-order chi connectivity index (χ0) is 12.5. The fourth-order valence-electron chi connectivity index (χ4n) is 2.48. The van der Waals surface area contributed by atoms with Gasteiger partial charge in [-0.1, -0.05) is 41.9 Å². The molecule has 2 atom stereocenters. The van der Waals surface area contributed by atoms with Crippen LogP contribution in [0.4, 0.5) is 0 Å². The van der Waals surface area contributed by atoms with Crippen LogP contribution in [0.2, 0.25) is 0 Å². The molecule has 2 rings (SSSR count). The molecule has 0 aliphatic heterocycles. The van der Waals surface area contributed by atoms with Crippen LogP contribution in [0.1, 0.15) is 25.8 Å². The molecule has 0 radical (unpaired) electrons. The fourth-order valence-corrected chi connectivity index (χ4v) is 2.93. The van der Waals surface area contributed by atoms with Gasteiger partial charge in [0.05, 0.1) is 12.7 Å². The first-order valence-corrected chi connectivity index (χ1v) is 6.86. The molecule has 1 aromatic rings. The van der Waals surface area contributed by atoms with E-state index in [1.807, 2.05) is 19.2 Å². The van der Waals surface area contributed by atoms with E-state index in [9.17, 15) is 0 Å². The number of hydrogen-bond donors (Lipinski definition) is 1. The Balaban J connectivity index is 1.88. The minimum Gasteiger partial charge on any atom is -0.373 e. The summed E-state index contributed by atoms with van der Waals surface area (Å²) in [5.41, 5.74) is 1.46. The zero-order valence-electron chi connectivity index (χ0n) is 10.7. The number of ether oxygens (including phenoxy) is 1. The molecule has 3 heteroatoms. The summed E-state index contributed by atoms with van der Waals surface area (Å²) < 4.78 is 7.12. The molecular formula is C14H20BrNO. The Morgan fingerprint density at radius 3 is 2.82 bits per heavy atom. The van der Waals surface area contributed by atoms with Crippen molar-refractivity contribution in [3.63, 3.8) is 0 Å². The summed E-state index contributed by atoms with van der Waals surface area (Å²) >= 11 is 3.48. The van der Waals surface area contributed by atoms with Crippen molar-refractivity contribution in [1.82, 2.24) is 5.32 Å². The third kappa shape index (κ3) is 2.72. The number of nitrogens with one attached hydrogen (secondary N) is 1. The normalized spacial score (nSPS) is 26.6. The highest BCUT2D eigenvalue weighted by molar-refractivity contribution is 9.10. The average Bonchev–Trinajstić information content (AvgIpc) is 2.28. The second-order valence-electron chi connectivity index (χ2n) is 5.33. The van der Waals surface area contributed by atoms with E-state index < -0.39 is 0 Å². The maximum atomic E-state index is 6.01. The van der Waals surface area contributed by atoms with Gasteiger partial charge in [-0.3, -0.25) is 0 Å². The molecule has 1 aliphatic carbocycles. The lowest BCUT2D eigenvalue weighted by Gasteiger charge is -2.51. The van der Waals surface area contributed by atoms with Crippen molar-refractivity contribution < 1.29 is 4.74 Å². The quantitative estimate of drug-likeness (QED) is 0.920. The van der Waals surface area contributed by atoms with Gasteiger partial charge in [0.1, 0.15) is 0 Å². The summed E-state index contributed by atoms with van der Waals surface area (Å²) in [4.78, 5) is 0. The summed E-state index contributed by atoms with van der Waals surface area (Å²) in [5, 5.41) is 3.34. The number of hydrogen-bond acceptors (Lipinski definition) is 2. The van der Waals surface area contributed by atoms with Crippen molar-refractivity contribution in [3.8, 4) is 0 Å². The molecule has 2 unspecified atom stereocenters. The van der Waals surface area contributed by atoms with Crippen LogP contribution in [0.5, 0.6) is 0 Å². The van der Waals surface area contributed by atoms with Crippen LogP contribution < -0.4 is 5.32 Å². The first-order chi connectivity index (χ1) is 8.04. The van der Waals surface area contributed by atoms with Crippen molar-refractivity contribution in [2.75, 3.05) is 7.05 Å². The molecule has 1 saturated carbocycles. The topological polar surface area (TPSA) is 21.3 Å². The second kappa shape index (κ2) is 5.09. The van der Waals surface area contributed by atoms with Crippen molar-refractivity contribution in [1.29, 1.82) is 0 Å². The van der Waals surface area contributed by atoms with E-state index in [2.05, 4.69) is 47.2 Å². The lowest BCUT2D eigenvalue weighted by atomic mass is 9.64. The highest BCUT2D eigenvalue weighted by atomic mass is 79.9. The average molecular weight is 298 g/mol. The Morgan fingerprint density at radius 1 is 1.47 bits per heavy atom. The Bertz CT molecular complexity index is 392. The molecule has 0 amide bonds. The number of benzene rings is 1. The van der Waals surface area contributed by atoms with Crippen LogP contribution in [0.3, 0.4) is 0 Å². The SMILES string of the molecule is CNC1CC(OCc2cccc(Br)c2)C1(C)C. The fraction of sp³-hybridized carbons (Fsp3) is 0.571. The van der Waals surface area contributed by atoms with Gasteiger partial charge in [0, 0.05) is 15.9 Å². The Morgan fingerprint density at radius 2 is 2.24 bits per heavy atom. The van der Waals surface area contributed by atoms with Crippen LogP contribution in [-0.2, 0) is 11.3 Å². The van der Waals surface area contributed by atoms with E-state index in [4.69, 9.17) is 4.74 Å². The van der Waals surface area contributed by atoms with Crippen molar-refractivity contribution in [3.05, 3.63) is 34.3 Å². The van der Waals surface area contributed by atoms with E-state index in [0.29, 0.717) is 18.8 Å². The smallest absolute Gasteiger partial charge is 0.0721 e. The standard InChI is InChI=1S/C14H20BrNO/c1-14(2)12(16-3)8-13(14)17-9-10-5-4-6-11(15)7-10/h4-7,12-13,16H,8-9H2,1-3H3. The van der Waals surface area contributed by atoms with E-state index >= 15 is 0 Å². The molecule has 0 aromatic heterocycles. The summed E-state index contributed by atoms with van der Waals surface area (Å²) in [6, 6.07) is 8.88. The predicted octanol–water partition coefficient (Wildman–Crippen LogP) is 3.35. The predicted molar refractivity (Wildman–Crippen MR) is 74.0 cm³/mol. The Hall–Kier alpha value is -0.380. The van der Waals surface area contributed by atoms with Crippen LogP contribution in [0.15, 0.2) is 28.7 Å². The van der Waals surface area contributed by atoms with Gasteiger partial charge in [0.2, 0.25) is 0 Å². The van der Waals surface area contributed by atoms with Crippen LogP contribution >= 0.6 is 15.9 Å². The lowest BCUT2D eigenvalue weighted by molar-refractivity contribution is -0.123. The molecule has 0 bridgehead atoms. The van der Waals surface area contributed by atoms with Crippen LogP contribution in [0.25, 0.3) is 0 Å². The van der Waals surface area contributed by atoms with Gasteiger partial charge >= 0.3 is 0 Å². The third-order valence-electron chi connectivity index (χ3n) is 3.87. The highest BCUT2D eigenvalue weighted by Gasteiger charge is 2.48. The largest absolute Gasteiger partial charge is 0.373 e. The molecule has 0 heterocycles. The zero-order valence-corrected chi connectivity index (χ0v) is 12.3. The first-order valence-electron chi connectivity index (χ1n) is 6.07. The summed E-state index contributed by atoms with van der Waals surface area (Å²) in [7, 11) is 2.02. The van der Waals surface area contributed by atoms with Gasteiger partial charge < -0.3 is 10.1 Å².